The minimum atomic E-state index is 0.0274. The highest BCUT2D eigenvalue weighted by molar-refractivity contribution is 7.17. The predicted octanol–water partition coefficient (Wildman–Crippen LogP) is 4.84. The van der Waals surface area contributed by atoms with Gasteiger partial charge in [0, 0.05) is 21.0 Å². The molecular formula is C18H16O2S. The molecule has 0 fully saturated rings. The van der Waals surface area contributed by atoms with Crippen LogP contribution in [0.3, 0.4) is 0 Å². The zero-order chi connectivity index (χ0) is 14.8. The molecule has 0 saturated carbocycles. The van der Waals surface area contributed by atoms with Crippen molar-refractivity contribution in [3.63, 3.8) is 0 Å². The number of hydrogen-bond donors (Lipinski definition) is 0. The van der Waals surface area contributed by atoms with E-state index in [2.05, 4.69) is 0 Å². The maximum absolute atomic E-state index is 12.9. The van der Waals surface area contributed by atoms with Crippen LogP contribution in [-0.2, 0) is 0 Å². The highest BCUT2D eigenvalue weighted by Crippen LogP contribution is 2.30. The Morgan fingerprint density at radius 3 is 2.76 bits per heavy atom. The molecule has 0 N–H and O–H groups in total. The summed E-state index contributed by atoms with van der Waals surface area (Å²) in [6, 6.07) is 13.7. The maximum Gasteiger partial charge on any atom is 0.198 e. The molecule has 0 radical (unpaired) electrons. The van der Waals surface area contributed by atoms with Crippen LogP contribution in [0.5, 0.6) is 5.75 Å². The van der Waals surface area contributed by atoms with Crippen molar-refractivity contribution in [1.82, 2.24) is 0 Å². The molecule has 0 amide bonds. The number of ether oxygens (including phenoxy) is 1. The number of ketones is 1. The van der Waals surface area contributed by atoms with Gasteiger partial charge in [-0.2, -0.15) is 0 Å². The van der Waals surface area contributed by atoms with Gasteiger partial charge in [-0.15, -0.1) is 11.3 Å². The molecule has 21 heavy (non-hydrogen) atoms. The Labute approximate surface area is 128 Å². The van der Waals surface area contributed by atoms with Crippen molar-refractivity contribution in [3.05, 3.63) is 64.5 Å². The van der Waals surface area contributed by atoms with Crippen molar-refractivity contribution in [2.75, 3.05) is 6.61 Å². The Bertz CT molecular complexity index is 802. The van der Waals surface area contributed by atoms with E-state index in [1.165, 1.54) is 0 Å². The lowest BCUT2D eigenvalue weighted by molar-refractivity contribution is 0.103. The molecule has 106 valence electrons. The van der Waals surface area contributed by atoms with Crippen molar-refractivity contribution in [2.24, 2.45) is 0 Å². The fourth-order valence-corrected chi connectivity index (χ4v) is 3.34. The third kappa shape index (κ3) is 2.57. The molecule has 0 unspecified atom stereocenters. The van der Waals surface area contributed by atoms with Gasteiger partial charge in [-0.3, -0.25) is 4.79 Å². The van der Waals surface area contributed by atoms with Crippen molar-refractivity contribution >= 4 is 27.2 Å². The molecule has 0 spiro atoms. The molecule has 1 aromatic heterocycles. The van der Waals surface area contributed by atoms with Gasteiger partial charge in [-0.05, 0) is 32.0 Å². The number of hydrogen-bond acceptors (Lipinski definition) is 3. The second-order valence-corrected chi connectivity index (χ2v) is 5.82. The first kappa shape index (κ1) is 13.8. The average molecular weight is 296 g/mol. The topological polar surface area (TPSA) is 26.3 Å². The van der Waals surface area contributed by atoms with E-state index in [-0.39, 0.29) is 5.78 Å². The lowest BCUT2D eigenvalue weighted by atomic mass is 10.00. The van der Waals surface area contributed by atoms with Crippen LogP contribution in [-0.4, -0.2) is 12.4 Å². The molecule has 2 nitrogen and oxygen atoms in total. The van der Waals surface area contributed by atoms with E-state index >= 15 is 0 Å². The Balaban J connectivity index is 2.12. The van der Waals surface area contributed by atoms with Crippen LogP contribution in [0.4, 0.5) is 0 Å². The molecule has 0 saturated heterocycles. The summed E-state index contributed by atoms with van der Waals surface area (Å²) in [5.74, 6) is 0.683. The highest BCUT2D eigenvalue weighted by Gasteiger charge is 2.18. The summed E-state index contributed by atoms with van der Waals surface area (Å²) in [4.78, 5) is 12.9. The third-order valence-corrected chi connectivity index (χ3v) is 4.37. The van der Waals surface area contributed by atoms with Crippen molar-refractivity contribution in [1.29, 1.82) is 0 Å². The minimum absolute atomic E-state index is 0.0274. The number of carbonyl (C=O) groups is 1. The van der Waals surface area contributed by atoms with E-state index in [0.29, 0.717) is 17.9 Å². The minimum Gasteiger partial charge on any atom is -0.493 e. The number of fused-ring (bicyclic) bond motifs is 1. The molecule has 3 aromatic rings. The van der Waals surface area contributed by atoms with E-state index in [0.717, 1.165) is 21.2 Å². The second-order valence-electron chi connectivity index (χ2n) is 4.91. The van der Waals surface area contributed by atoms with Crippen molar-refractivity contribution in [2.45, 2.75) is 13.8 Å². The molecule has 0 atom stereocenters. The predicted molar refractivity (Wildman–Crippen MR) is 87.6 cm³/mol. The van der Waals surface area contributed by atoms with Crippen LogP contribution >= 0.6 is 11.3 Å². The van der Waals surface area contributed by atoms with Gasteiger partial charge in [0.25, 0.3) is 0 Å². The number of rotatable bonds is 4. The number of aryl methyl sites for hydroxylation is 1. The van der Waals surface area contributed by atoms with Gasteiger partial charge in [-0.25, -0.2) is 0 Å². The Morgan fingerprint density at radius 2 is 1.95 bits per heavy atom. The summed E-state index contributed by atoms with van der Waals surface area (Å²) in [7, 11) is 0. The lowest BCUT2D eigenvalue weighted by Gasteiger charge is -2.10. The van der Waals surface area contributed by atoms with Gasteiger partial charge in [0.15, 0.2) is 5.78 Å². The monoisotopic (exact) mass is 296 g/mol. The number of carbonyl (C=O) groups excluding carboxylic acids is 1. The average Bonchev–Trinajstić information content (AvgIpc) is 2.92. The molecule has 0 aliphatic rings. The molecular weight excluding hydrogens is 280 g/mol. The number of thiophene rings is 1. The lowest BCUT2D eigenvalue weighted by Crippen LogP contribution is -2.05. The summed E-state index contributed by atoms with van der Waals surface area (Å²) in [6.45, 7) is 4.46. The molecule has 0 aliphatic carbocycles. The molecule has 1 heterocycles. The Hall–Kier alpha value is -2.13. The summed E-state index contributed by atoms with van der Waals surface area (Å²) in [6.07, 6.45) is 0. The van der Waals surface area contributed by atoms with Crippen LogP contribution in [0.1, 0.15) is 28.4 Å². The molecule has 3 heteroatoms. The Morgan fingerprint density at radius 1 is 1.14 bits per heavy atom. The fourth-order valence-electron chi connectivity index (χ4n) is 2.40. The first-order valence-electron chi connectivity index (χ1n) is 6.95. The van der Waals surface area contributed by atoms with E-state index in [1.54, 1.807) is 11.3 Å². The van der Waals surface area contributed by atoms with Gasteiger partial charge >= 0.3 is 0 Å². The molecule has 2 aromatic carbocycles. The van der Waals surface area contributed by atoms with Gasteiger partial charge in [0.2, 0.25) is 0 Å². The van der Waals surface area contributed by atoms with E-state index in [9.17, 15) is 4.79 Å². The second kappa shape index (κ2) is 5.70. The summed E-state index contributed by atoms with van der Waals surface area (Å²) in [5, 5.41) is 2.95. The normalized spacial score (nSPS) is 10.8. The third-order valence-electron chi connectivity index (χ3n) is 3.41. The fraction of sp³-hybridized carbons (Fsp3) is 0.167. The number of benzene rings is 2. The van der Waals surface area contributed by atoms with Crippen LogP contribution in [0.2, 0.25) is 0 Å². The Kier molecular flexibility index (Phi) is 3.76. The summed E-state index contributed by atoms with van der Waals surface area (Å²) < 4.78 is 6.74. The van der Waals surface area contributed by atoms with Crippen LogP contribution in [0, 0.1) is 6.92 Å². The largest absolute Gasteiger partial charge is 0.493 e. The van der Waals surface area contributed by atoms with Crippen molar-refractivity contribution in [3.8, 4) is 5.75 Å². The SMILES string of the molecule is CCOc1ccc(C)cc1C(=O)c1csc2ccccc12. The van der Waals surface area contributed by atoms with E-state index < -0.39 is 0 Å². The van der Waals surface area contributed by atoms with Gasteiger partial charge in [0.1, 0.15) is 5.75 Å². The standard InChI is InChI=1S/C18H16O2S/c1-3-20-16-9-8-12(2)10-14(16)18(19)15-11-21-17-7-5-4-6-13(15)17/h4-11H,3H2,1-2H3. The molecule has 0 aliphatic heterocycles. The van der Waals surface area contributed by atoms with Crippen LogP contribution in [0.25, 0.3) is 10.1 Å². The highest BCUT2D eigenvalue weighted by atomic mass is 32.1. The zero-order valence-electron chi connectivity index (χ0n) is 12.1. The summed E-state index contributed by atoms with van der Waals surface area (Å²) in [5.41, 5.74) is 2.45. The van der Waals surface area contributed by atoms with Crippen molar-refractivity contribution < 1.29 is 9.53 Å². The van der Waals surface area contributed by atoms with Gasteiger partial charge in [-0.1, -0.05) is 29.8 Å². The van der Waals surface area contributed by atoms with Crippen LogP contribution < -0.4 is 4.74 Å². The molecule has 3 rings (SSSR count). The first-order chi connectivity index (χ1) is 10.2. The summed E-state index contributed by atoms with van der Waals surface area (Å²) >= 11 is 1.60. The first-order valence-corrected chi connectivity index (χ1v) is 7.83. The van der Waals surface area contributed by atoms with E-state index in [4.69, 9.17) is 4.74 Å². The smallest absolute Gasteiger partial charge is 0.198 e. The van der Waals surface area contributed by atoms with E-state index in [1.807, 2.05) is 61.7 Å². The zero-order valence-corrected chi connectivity index (χ0v) is 12.9. The molecule has 0 bridgehead atoms. The van der Waals surface area contributed by atoms with Crippen LogP contribution in [0.15, 0.2) is 47.8 Å². The maximum atomic E-state index is 12.9. The quantitative estimate of drug-likeness (QED) is 0.644. The van der Waals surface area contributed by atoms with Gasteiger partial charge < -0.3 is 4.74 Å². The van der Waals surface area contributed by atoms with Gasteiger partial charge in [0.05, 0.1) is 12.2 Å².